The van der Waals surface area contributed by atoms with E-state index in [-0.39, 0.29) is 11.1 Å². The van der Waals surface area contributed by atoms with E-state index in [9.17, 15) is 8.42 Å². The van der Waals surface area contributed by atoms with Gasteiger partial charge in [0.1, 0.15) is 0 Å². The molecule has 9 heteroatoms. The number of nitrogens with zero attached hydrogens (tertiary/aromatic N) is 4. The first-order valence-corrected chi connectivity index (χ1v) is 5.72. The van der Waals surface area contributed by atoms with Gasteiger partial charge in [0, 0.05) is 0 Å². The standard InChI is InChI=1S/C5H10N4O3S2/c1-3(2)4(14(10,11)12)9-5(13)6-7-8-9/h3-4H,1-2H3,(H,6,8,13)(H,10,11,12). The molecule has 0 aromatic carbocycles. The van der Waals surface area contributed by atoms with E-state index < -0.39 is 15.5 Å². The first-order valence-electron chi connectivity index (χ1n) is 3.77. The molecule has 0 aliphatic heterocycles. The highest BCUT2D eigenvalue weighted by molar-refractivity contribution is 7.85. The van der Waals surface area contributed by atoms with Gasteiger partial charge in [0.25, 0.3) is 10.1 Å². The van der Waals surface area contributed by atoms with Gasteiger partial charge in [-0.15, -0.1) is 17.7 Å². The zero-order chi connectivity index (χ0) is 10.9. The number of hydrogen-bond donors (Lipinski definition) is 2. The summed E-state index contributed by atoms with van der Waals surface area (Å²) in [6, 6.07) is 0. The van der Waals surface area contributed by atoms with Crippen molar-refractivity contribution in [1.82, 2.24) is 20.2 Å². The van der Waals surface area contributed by atoms with Crippen molar-refractivity contribution in [3.8, 4) is 0 Å². The summed E-state index contributed by atoms with van der Waals surface area (Å²) in [6.45, 7) is 3.26. The topological polar surface area (TPSA) is 98.0 Å². The van der Waals surface area contributed by atoms with Crippen LogP contribution in [0.15, 0.2) is 5.16 Å². The molecule has 0 aliphatic rings. The van der Waals surface area contributed by atoms with E-state index in [4.69, 9.17) is 4.55 Å². The van der Waals surface area contributed by atoms with Crippen molar-refractivity contribution >= 4 is 22.7 Å². The van der Waals surface area contributed by atoms with Crippen LogP contribution in [0.25, 0.3) is 0 Å². The highest BCUT2D eigenvalue weighted by atomic mass is 32.2. The van der Waals surface area contributed by atoms with Crippen molar-refractivity contribution in [2.45, 2.75) is 24.4 Å². The molecule has 0 amide bonds. The molecule has 1 atom stereocenters. The van der Waals surface area contributed by atoms with Crippen LogP contribution in [0.2, 0.25) is 0 Å². The minimum Gasteiger partial charge on any atom is -0.284 e. The van der Waals surface area contributed by atoms with Crippen LogP contribution in [0.1, 0.15) is 19.2 Å². The minimum absolute atomic E-state index is 0.0429. The molecular formula is C5H10N4O3S2. The molecular weight excluding hydrogens is 228 g/mol. The van der Waals surface area contributed by atoms with Gasteiger partial charge < -0.3 is 0 Å². The molecule has 7 nitrogen and oxygen atoms in total. The van der Waals surface area contributed by atoms with Crippen LogP contribution < -0.4 is 0 Å². The third kappa shape index (κ3) is 2.22. The molecule has 0 radical (unpaired) electrons. The quantitative estimate of drug-likeness (QED) is 0.568. The molecule has 80 valence electrons. The third-order valence-corrected chi connectivity index (χ3v) is 3.24. The van der Waals surface area contributed by atoms with Crippen LogP contribution in [0.3, 0.4) is 0 Å². The van der Waals surface area contributed by atoms with Crippen LogP contribution >= 0.6 is 12.6 Å². The summed E-state index contributed by atoms with van der Waals surface area (Å²) in [7, 11) is -4.24. The normalized spacial score (nSPS) is 14.6. The fourth-order valence-electron chi connectivity index (χ4n) is 1.11. The summed E-state index contributed by atoms with van der Waals surface area (Å²) in [5.74, 6) is -0.362. The molecule has 0 bridgehead atoms. The Morgan fingerprint density at radius 1 is 1.50 bits per heavy atom. The van der Waals surface area contributed by atoms with Gasteiger partial charge in [-0.1, -0.05) is 13.8 Å². The lowest BCUT2D eigenvalue weighted by molar-refractivity contribution is 0.363. The van der Waals surface area contributed by atoms with Crippen LogP contribution in [0, 0.1) is 5.92 Å². The van der Waals surface area contributed by atoms with E-state index in [1.54, 1.807) is 13.8 Å². The van der Waals surface area contributed by atoms with Crippen LogP contribution in [-0.4, -0.2) is 33.2 Å². The number of rotatable bonds is 3. The van der Waals surface area contributed by atoms with E-state index in [0.29, 0.717) is 0 Å². The van der Waals surface area contributed by atoms with Gasteiger partial charge in [0.2, 0.25) is 5.16 Å². The predicted octanol–water partition coefficient (Wildman–Crippen LogP) is 0.00420. The van der Waals surface area contributed by atoms with E-state index in [1.807, 2.05) is 0 Å². The monoisotopic (exact) mass is 238 g/mol. The molecule has 0 aliphatic carbocycles. The van der Waals surface area contributed by atoms with Crippen molar-refractivity contribution in [2.75, 3.05) is 0 Å². The second kappa shape index (κ2) is 3.83. The Kier molecular flexibility index (Phi) is 3.12. The zero-order valence-corrected chi connectivity index (χ0v) is 9.27. The Labute approximate surface area is 86.7 Å². The summed E-state index contributed by atoms with van der Waals surface area (Å²) in [5, 5.41) is 8.96. The van der Waals surface area contributed by atoms with Gasteiger partial charge in [-0.25, -0.2) is 0 Å². The van der Waals surface area contributed by atoms with Crippen molar-refractivity contribution in [2.24, 2.45) is 5.92 Å². The van der Waals surface area contributed by atoms with Crippen molar-refractivity contribution in [1.29, 1.82) is 0 Å². The highest BCUT2D eigenvalue weighted by Gasteiger charge is 2.31. The Bertz CT molecular complexity index is 412. The van der Waals surface area contributed by atoms with E-state index >= 15 is 0 Å². The lowest BCUT2D eigenvalue weighted by Crippen LogP contribution is -2.25. The summed E-state index contributed by atoms with van der Waals surface area (Å²) < 4.78 is 32.0. The second-order valence-corrected chi connectivity index (χ2v) is 4.99. The van der Waals surface area contributed by atoms with Crippen molar-refractivity contribution in [3.63, 3.8) is 0 Å². The molecule has 1 rings (SSSR count). The Morgan fingerprint density at radius 3 is 2.36 bits per heavy atom. The van der Waals surface area contributed by atoms with Crippen molar-refractivity contribution < 1.29 is 13.0 Å². The average Bonchev–Trinajstić information content (AvgIpc) is 2.32. The van der Waals surface area contributed by atoms with Gasteiger partial charge in [-0.05, 0) is 16.3 Å². The maximum Gasteiger partial charge on any atom is 0.288 e. The molecule has 1 heterocycles. The van der Waals surface area contributed by atoms with E-state index in [1.165, 1.54) is 0 Å². The molecule has 0 fully saturated rings. The SMILES string of the molecule is CC(C)C(n1nnnc1S)S(=O)(=O)O. The maximum atomic E-state index is 11.0. The lowest BCUT2D eigenvalue weighted by Gasteiger charge is -2.17. The Balaban J connectivity index is 3.21. The lowest BCUT2D eigenvalue weighted by atomic mass is 10.2. The second-order valence-electron chi connectivity index (χ2n) is 3.07. The molecule has 14 heavy (non-hydrogen) atoms. The summed E-state index contributed by atoms with van der Waals surface area (Å²) in [4.78, 5) is 0. The molecule has 1 aromatic rings. The molecule has 1 N–H and O–H groups in total. The van der Waals surface area contributed by atoms with Crippen LogP contribution in [0.5, 0.6) is 0 Å². The number of tetrazole rings is 1. The smallest absolute Gasteiger partial charge is 0.284 e. The van der Waals surface area contributed by atoms with E-state index in [0.717, 1.165) is 4.68 Å². The average molecular weight is 238 g/mol. The molecule has 0 saturated heterocycles. The molecule has 1 unspecified atom stereocenters. The van der Waals surface area contributed by atoms with E-state index in [2.05, 4.69) is 28.2 Å². The number of aromatic nitrogens is 4. The molecule has 0 saturated carbocycles. The first-order chi connectivity index (χ1) is 6.34. The Hall–Kier alpha value is -0.670. The van der Waals surface area contributed by atoms with Gasteiger partial charge in [-0.3, -0.25) is 4.55 Å². The third-order valence-electron chi connectivity index (χ3n) is 1.59. The largest absolute Gasteiger partial charge is 0.288 e. The van der Waals surface area contributed by atoms with Gasteiger partial charge >= 0.3 is 0 Å². The summed E-state index contributed by atoms with van der Waals surface area (Å²) in [6.07, 6.45) is 0. The van der Waals surface area contributed by atoms with Gasteiger partial charge in [0.15, 0.2) is 5.37 Å². The van der Waals surface area contributed by atoms with Crippen LogP contribution in [-0.2, 0) is 10.1 Å². The Morgan fingerprint density at radius 2 is 2.07 bits per heavy atom. The van der Waals surface area contributed by atoms with Gasteiger partial charge in [0.05, 0.1) is 0 Å². The fourth-order valence-corrected chi connectivity index (χ4v) is 2.47. The highest BCUT2D eigenvalue weighted by Crippen LogP contribution is 2.23. The summed E-state index contributed by atoms with van der Waals surface area (Å²) in [5.41, 5.74) is 0. The number of thiol groups is 1. The fraction of sp³-hybridized carbons (Fsp3) is 0.800. The number of hydrogen-bond acceptors (Lipinski definition) is 6. The van der Waals surface area contributed by atoms with Crippen LogP contribution in [0.4, 0.5) is 0 Å². The first kappa shape index (κ1) is 11.4. The maximum absolute atomic E-state index is 11.0. The van der Waals surface area contributed by atoms with Crippen molar-refractivity contribution in [3.05, 3.63) is 0 Å². The predicted molar refractivity (Wildman–Crippen MR) is 50.5 cm³/mol. The van der Waals surface area contributed by atoms with Gasteiger partial charge in [-0.2, -0.15) is 13.1 Å². The minimum atomic E-state index is -4.24. The zero-order valence-electron chi connectivity index (χ0n) is 7.56. The summed E-state index contributed by atoms with van der Waals surface area (Å²) >= 11 is 3.87. The molecule has 0 spiro atoms. The molecule has 1 aromatic heterocycles.